The highest BCUT2D eigenvalue weighted by atomic mass is 35.5. The van der Waals surface area contributed by atoms with Crippen LogP contribution in [0.2, 0.25) is 0 Å². The SMILES string of the molecule is CCCNC1CCC(OC)(c2ccc(F)cc2)CC1.Cl.O=C1C2=CC(F)=C1C=C2. The summed E-state index contributed by atoms with van der Waals surface area (Å²) in [5.74, 6) is -0.752. The molecular formula is C23H28ClF2NO2. The maximum Gasteiger partial charge on any atom is 0.196 e. The summed E-state index contributed by atoms with van der Waals surface area (Å²) in [6.45, 7) is 3.27. The van der Waals surface area contributed by atoms with Gasteiger partial charge in [0.2, 0.25) is 0 Å². The Hall–Kier alpha value is -1.82. The molecule has 0 unspecified atom stereocenters. The van der Waals surface area contributed by atoms with Gasteiger partial charge in [-0.25, -0.2) is 8.78 Å². The first-order valence-electron chi connectivity index (χ1n) is 9.88. The fourth-order valence-electron chi connectivity index (χ4n) is 4.00. The van der Waals surface area contributed by atoms with Crippen molar-refractivity contribution >= 4 is 18.2 Å². The summed E-state index contributed by atoms with van der Waals surface area (Å²) in [5, 5.41) is 3.58. The topological polar surface area (TPSA) is 38.3 Å². The van der Waals surface area contributed by atoms with E-state index in [2.05, 4.69) is 12.2 Å². The van der Waals surface area contributed by atoms with Crippen LogP contribution in [0, 0.1) is 5.82 Å². The summed E-state index contributed by atoms with van der Waals surface area (Å²) in [5.41, 5.74) is 1.57. The van der Waals surface area contributed by atoms with E-state index in [4.69, 9.17) is 4.74 Å². The first kappa shape index (κ1) is 23.5. The van der Waals surface area contributed by atoms with Crippen LogP contribution >= 0.6 is 12.4 Å². The number of carbonyl (C=O) groups excluding carboxylic acids is 1. The molecule has 158 valence electrons. The highest BCUT2D eigenvalue weighted by Crippen LogP contribution is 2.40. The smallest absolute Gasteiger partial charge is 0.196 e. The minimum atomic E-state index is -0.391. The van der Waals surface area contributed by atoms with Crippen LogP contribution in [0.5, 0.6) is 0 Å². The third kappa shape index (κ3) is 5.21. The molecule has 0 saturated heterocycles. The third-order valence-corrected chi connectivity index (χ3v) is 5.71. The van der Waals surface area contributed by atoms with Crippen LogP contribution in [0.25, 0.3) is 0 Å². The van der Waals surface area contributed by atoms with Crippen molar-refractivity contribution in [3.8, 4) is 0 Å². The lowest BCUT2D eigenvalue weighted by Gasteiger charge is -2.40. The van der Waals surface area contributed by atoms with Gasteiger partial charge < -0.3 is 10.1 Å². The molecule has 6 heteroatoms. The van der Waals surface area contributed by atoms with E-state index >= 15 is 0 Å². The lowest BCUT2D eigenvalue weighted by molar-refractivity contribution is -0.111. The van der Waals surface area contributed by atoms with Crippen LogP contribution in [0.4, 0.5) is 8.78 Å². The predicted octanol–water partition coefficient (Wildman–Crippen LogP) is 5.32. The molecule has 3 aliphatic carbocycles. The highest BCUT2D eigenvalue weighted by Gasteiger charge is 2.36. The summed E-state index contributed by atoms with van der Waals surface area (Å²) in [6.07, 6.45) is 9.79. The number of ketones is 1. The molecule has 1 aromatic rings. The molecule has 3 nitrogen and oxygen atoms in total. The lowest BCUT2D eigenvalue weighted by atomic mass is 9.77. The fourth-order valence-corrected chi connectivity index (χ4v) is 4.00. The van der Waals surface area contributed by atoms with Crippen molar-refractivity contribution in [2.24, 2.45) is 0 Å². The predicted molar refractivity (Wildman–Crippen MR) is 113 cm³/mol. The Kier molecular flexibility index (Phi) is 8.32. The van der Waals surface area contributed by atoms with Gasteiger partial charge in [0.1, 0.15) is 11.6 Å². The van der Waals surface area contributed by atoms with Crippen molar-refractivity contribution in [2.75, 3.05) is 13.7 Å². The van der Waals surface area contributed by atoms with E-state index in [1.54, 1.807) is 13.2 Å². The molecule has 0 amide bonds. The summed E-state index contributed by atoms with van der Waals surface area (Å²) in [7, 11) is 1.77. The number of halogens is 3. The van der Waals surface area contributed by atoms with Crippen molar-refractivity contribution in [2.45, 2.75) is 50.7 Å². The number of fused-ring (bicyclic) bond motifs is 2. The molecular weight excluding hydrogens is 396 g/mol. The quantitative estimate of drug-likeness (QED) is 0.696. The van der Waals surface area contributed by atoms with Crippen LogP contribution < -0.4 is 5.32 Å². The molecule has 0 aromatic heterocycles. The first-order chi connectivity index (χ1) is 13.5. The molecule has 2 bridgehead atoms. The Morgan fingerprint density at radius 3 is 2.21 bits per heavy atom. The number of rotatable bonds is 5. The monoisotopic (exact) mass is 423 g/mol. The minimum Gasteiger partial charge on any atom is -0.374 e. The number of hydrogen-bond donors (Lipinski definition) is 1. The van der Waals surface area contributed by atoms with E-state index in [9.17, 15) is 13.6 Å². The lowest BCUT2D eigenvalue weighted by Crippen LogP contribution is -2.41. The minimum absolute atomic E-state index is 0. The number of allylic oxidation sites excluding steroid dienone is 6. The number of nitrogens with one attached hydrogen (secondary N) is 1. The van der Waals surface area contributed by atoms with E-state index in [0.29, 0.717) is 11.6 Å². The van der Waals surface area contributed by atoms with Gasteiger partial charge >= 0.3 is 0 Å². The zero-order valence-electron chi connectivity index (χ0n) is 16.8. The van der Waals surface area contributed by atoms with Gasteiger partial charge in [0, 0.05) is 18.7 Å². The number of methoxy groups -OCH3 is 1. The van der Waals surface area contributed by atoms with Gasteiger partial charge in [0.05, 0.1) is 11.2 Å². The maximum absolute atomic E-state index is 13.0. The second kappa shape index (κ2) is 10.3. The molecule has 1 saturated carbocycles. The zero-order valence-corrected chi connectivity index (χ0v) is 17.7. The van der Waals surface area contributed by atoms with E-state index < -0.39 is 5.83 Å². The van der Waals surface area contributed by atoms with Gasteiger partial charge in [0.25, 0.3) is 0 Å². The summed E-state index contributed by atoms with van der Waals surface area (Å²) in [6, 6.07) is 7.37. The van der Waals surface area contributed by atoms with Crippen LogP contribution in [0.15, 0.2) is 59.5 Å². The molecule has 0 spiro atoms. The molecule has 29 heavy (non-hydrogen) atoms. The van der Waals surface area contributed by atoms with E-state index in [1.165, 1.54) is 30.7 Å². The van der Waals surface area contributed by atoms with Crippen molar-refractivity contribution in [1.29, 1.82) is 0 Å². The van der Waals surface area contributed by atoms with E-state index in [0.717, 1.165) is 37.8 Å². The van der Waals surface area contributed by atoms with Crippen molar-refractivity contribution in [3.05, 3.63) is 70.8 Å². The second-order valence-corrected chi connectivity index (χ2v) is 7.46. The number of ether oxygens (including phenoxy) is 1. The van der Waals surface area contributed by atoms with Crippen molar-refractivity contribution in [3.63, 3.8) is 0 Å². The molecule has 0 atom stereocenters. The normalized spacial score (nSPS) is 24.8. The highest BCUT2D eigenvalue weighted by molar-refractivity contribution is 6.18. The summed E-state index contributed by atoms with van der Waals surface area (Å²) < 4.78 is 31.2. The Morgan fingerprint density at radius 1 is 1.14 bits per heavy atom. The Balaban J connectivity index is 0.000000250. The fraction of sp³-hybridized carbons (Fsp3) is 0.435. The standard InChI is InChI=1S/C16H24FNO.C7H3FO.ClH/c1-3-12-18-15-8-10-16(19-2,11-9-15)13-4-6-14(17)7-5-13;8-6-3-4-1-2-5(6)7(4)9;/h4-7,15,18H,3,8-12H2,1-2H3;1-3H;1H. The Morgan fingerprint density at radius 2 is 1.79 bits per heavy atom. The van der Waals surface area contributed by atoms with Crippen LogP contribution in [-0.2, 0) is 15.1 Å². The van der Waals surface area contributed by atoms with Crippen LogP contribution in [0.1, 0.15) is 44.6 Å². The van der Waals surface area contributed by atoms with Crippen molar-refractivity contribution in [1.82, 2.24) is 5.32 Å². The molecule has 1 fully saturated rings. The van der Waals surface area contributed by atoms with Gasteiger partial charge in [-0.15, -0.1) is 12.4 Å². The molecule has 1 aromatic carbocycles. The Labute approximate surface area is 177 Å². The molecule has 4 rings (SSSR count). The average Bonchev–Trinajstić information content (AvgIpc) is 3.21. The first-order valence-corrected chi connectivity index (χ1v) is 9.88. The van der Waals surface area contributed by atoms with Gasteiger partial charge in [-0.2, -0.15) is 0 Å². The number of carbonyl (C=O) groups is 1. The molecule has 0 heterocycles. The largest absolute Gasteiger partial charge is 0.374 e. The van der Waals surface area contributed by atoms with Gasteiger partial charge in [-0.3, -0.25) is 4.79 Å². The number of hydrogen-bond acceptors (Lipinski definition) is 3. The second-order valence-electron chi connectivity index (χ2n) is 7.46. The van der Waals surface area contributed by atoms with E-state index in [1.807, 2.05) is 12.1 Å². The Bertz CT molecular complexity index is 807. The zero-order chi connectivity index (χ0) is 20.1. The average molecular weight is 424 g/mol. The molecule has 3 aliphatic rings. The molecule has 0 radical (unpaired) electrons. The van der Waals surface area contributed by atoms with Crippen LogP contribution in [0.3, 0.4) is 0 Å². The summed E-state index contributed by atoms with van der Waals surface area (Å²) in [4.78, 5) is 10.7. The third-order valence-electron chi connectivity index (χ3n) is 5.71. The van der Waals surface area contributed by atoms with Crippen molar-refractivity contribution < 1.29 is 18.3 Å². The maximum atomic E-state index is 13.0. The van der Waals surface area contributed by atoms with E-state index in [-0.39, 0.29) is 35.2 Å². The molecule has 1 N–H and O–H groups in total. The van der Waals surface area contributed by atoms with Crippen LogP contribution in [-0.4, -0.2) is 25.5 Å². The summed E-state index contributed by atoms with van der Waals surface area (Å²) >= 11 is 0. The van der Waals surface area contributed by atoms with Gasteiger partial charge in [-0.1, -0.05) is 25.1 Å². The van der Waals surface area contributed by atoms with Gasteiger partial charge in [0.15, 0.2) is 5.78 Å². The number of benzene rings is 1. The number of Topliss-reactive ketones (excluding diaryl/α,β-unsaturated/α-hetero) is 1. The molecule has 0 aliphatic heterocycles. The van der Waals surface area contributed by atoms with Gasteiger partial charge in [-0.05, 0) is 68.5 Å².